The summed E-state index contributed by atoms with van der Waals surface area (Å²) in [6.45, 7) is 6.43. The van der Waals surface area contributed by atoms with Gasteiger partial charge in [0.25, 0.3) is 0 Å². The van der Waals surface area contributed by atoms with Crippen LogP contribution in [0.2, 0.25) is 0 Å². The molecule has 0 fully saturated rings. The van der Waals surface area contributed by atoms with Gasteiger partial charge in [-0.3, -0.25) is 0 Å². The maximum Gasteiger partial charge on any atom is 0.200 e. The zero-order valence-electron chi connectivity index (χ0n) is 13.0. The Labute approximate surface area is 122 Å². The summed E-state index contributed by atoms with van der Waals surface area (Å²) in [6.07, 6.45) is 7.59. The average Bonchev–Trinajstić information content (AvgIpc) is 2.47. The van der Waals surface area contributed by atoms with E-state index >= 15 is 0 Å². The third-order valence-corrected chi connectivity index (χ3v) is 4.08. The molecule has 1 aromatic carbocycles. The molecule has 0 radical (unpaired) electrons. The van der Waals surface area contributed by atoms with Crippen LogP contribution in [0.1, 0.15) is 65.7 Å². The van der Waals surface area contributed by atoms with Gasteiger partial charge < -0.3 is 14.9 Å². The lowest BCUT2D eigenvalue weighted by Crippen LogP contribution is -2.34. The van der Waals surface area contributed by atoms with E-state index in [0.29, 0.717) is 5.75 Å². The molecule has 0 saturated carbocycles. The lowest BCUT2D eigenvalue weighted by atomic mass is 9.90. The van der Waals surface area contributed by atoms with Gasteiger partial charge in [0.15, 0.2) is 11.5 Å². The Kier molecular flexibility index (Phi) is 6.69. The highest BCUT2D eigenvalue weighted by Crippen LogP contribution is 2.39. The van der Waals surface area contributed by atoms with E-state index in [4.69, 9.17) is 4.74 Å². The van der Waals surface area contributed by atoms with Crippen molar-refractivity contribution in [2.75, 3.05) is 0 Å². The number of hydrogen-bond acceptors (Lipinski definition) is 3. The van der Waals surface area contributed by atoms with Gasteiger partial charge in [-0.05, 0) is 37.8 Å². The van der Waals surface area contributed by atoms with Crippen LogP contribution in [-0.4, -0.2) is 15.8 Å². The summed E-state index contributed by atoms with van der Waals surface area (Å²) in [5, 5.41) is 19.4. The first kappa shape index (κ1) is 16.7. The first-order valence-corrected chi connectivity index (χ1v) is 7.78. The van der Waals surface area contributed by atoms with Crippen molar-refractivity contribution < 1.29 is 14.9 Å². The molecule has 0 bridgehead atoms. The van der Waals surface area contributed by atoms with Gasteiger partial charge in [-0.1, -0.05) is 46.1 Å². The zero-order chi connectivity index (χ0) is 15.0. The second kappa shape index (κ2) is 8.03. The van der Waals surface area contributed by atoms with Gasteiger partial charge in [-0.2, -0.15) is 0 Å². The second-order valence-corrected chi connectivity index (χ2v) is 5.43. The summed E-state index contributed by atoms with van der Waals surface area (Å²) in [5.41, 5.74) is -0.251. The number of ether oxygens (including phenoxy) is 1. The summed E-state index contributed by atoms with van der Waals surface area (Å²) in [4.78, 5) is 0. The molecule has 0 saturated heterocycles. The second-order valence-electron chi connectivity index (χ2n) is 5.43. The lowest BCUT2D eigenvalue weighted by molar-refractivity contribution is 0.0451. The average molecular weight is 280 g/mol. The van der Waals surface area contributed by atoms with Crippen molar-refractivity contribution in [3.63, 3.8) is 0 Å². The van der Waals surface area contributed by atoms with Crippen LogP contribution in [0.15, 0.2) is 18.2 Å². The van der Waals surface area contributed by atoms with Crippen molar-refractivity contribution in [1.82, 2.24) is 0 Å². The minimum absolute atomic E-state index is 0.130. The van der Waals surface area contributed by atoms with Gasteiger partial charge in [-0.15, -0.1) is 0 Å². The summed E-state index contributed by atoms with van der Waals surface area (Å²) in [6, 6.07) is 4.86. The first-order chi connectivity index (χ1) is 9.58. The minimum atomic E-state index is -0.251. The molecule has 2 N–H and O–H groups in total. The molecule has 20 heavy (non-hydrogen) atoms. The van der Waals surface area contributed by atoms with E-state index < -0.39 is 0 Å². The summed E-state index contributed by atoms with van der Waals surface area (Å²) >= 11 is 0. The topological polar surface area (TPSA) is 49.7 Å². The SMILES string of the molecule is CCCCCCC(CC)(CC)Oc1cccc(O)c1O. The standard InChI is InChI=1S/C17H28O3/c1-4-7-8-9-13-17(5-2,6-3)20-15-12-10-11-14(18)16(15)19/h10-12,18-19H,4-9,13H2,1-3H3. The Morgan fingerprint density at radius 3 is 2.30 bits per heavy atom. The molecule has 3 heteroatoms. The van der Waals surface area contributed by atoms with Crippen molar-refractivity contribution in [2.24, 2.45) is 0 Å². The number of phenolic OH excluding ortho intramolecular Hbond substituents is 2. The number of benzene rings is 1. The maximum absolute atomic E-state index is 9.89. The third-order valence-electron chi connectivity index (χ3n) is 4.08. The highest BCUT2D eigenvalue weighted by molar-refractivity contribution is 5.49. The van der Waals surface area contributed by atoms with Crippen LogP contribution in [0.4, 0.5) is 0 Å². The maximum atomic E-state index is 9.89. The summed E-state index contributed by atoms with van der Waals surface area (Å²) in [5.74, 6) is 0.0890. The minimum Gasteiger partial charge on any atom is -0.504 e. The largest absolute Gasteiger partial charge is 0.504 e. The van der Waals surface area contributed by atoms with Crippen molar-refractivity contribution in [3.05, 3.63) is 18.2 Å². The lowest BCUT2D eigenvalue weighted by Gasteiger charge is -2.33. The van der Waals surface area contributed by atoms with Gasteiger partial charge in [0.2, 0.25) is 5.75 Å². The molecule has 3 nitrogen and oxygen atoms in total. The molecule has 0 heterocycles. The quantitative estimate of drug-likeness (QED) is 0.494. The molecule has 0 amide bonds. The highest BCUT2D eigenvalue weighted by atomic mass is 16.5. The van der Waals surface area contributed by atoms with Crippen molar-refractivity contribution >= 4 is 0 Å². The van der Waals surface area contributed by atoms with E-state index in [1.54, 1.807) is 12.1 Å². The summed E-state index contributed by atoms with van der Waals surface area (Å²) in [7, 11) is 0. The summed E-state index contributed by atoms with van der Waals surface area (Å²) < 4.78 is 6.08. The Morgan fingerprint density at radius 1 is 1.00 bits per heavy atom. The number of aromatic hydroxyl groups is 2. The highest BCUT2D eigenvalue weighted by Gasteiger charge is 2.29. The molecular weight excluding hydrogens is 252 g/mol. The van der Waals surface area contributed by atoms with Crippen LogP contribution < -0.4 is 4.74 Å². The number of unbranched alkanes of at least 4 members (excludes halogenated alkanes) is 3. The van der Waals surface area contributed by atoms with E-state index in [0.717, 1.165) is 25.7 Å². The molecule has 0 unspecified atom stereocenters. The Bertz CT molecular complexity index is 397. The molecule has 0 atom stereocenters. The van der Waals surface area contributed by atoms with Crippen LogP contribution in [0.25, 0.3) is 0 Å². The van der Waals surface area contributed by atoms with Gasteiger partial charge in [-0.25, -0.2) is 0 Å². The van der Waals surface area contributed by atoms with E-state index in [-0.39, 0.29) is 17.1 Å². The predicted octanol–water partition coefficient (Wildman–Crippen LogP) is 5.01. The first-order valence-electron chi connectivity index (χ1n) is 7.78. The normalized spacial score (nSPS) is 11.6. The molecule has 114 valence electrons. The number of rotatable bonds is 9. The molecule has 0 aliphatic carbocycles. The van der Waals surface area contributed by atoms with Crippen LogP contribution in [0, 0.1) is 0 Å². The van der Waals surface area contributed by atoms with E-state index in [2.05, 4.69) is 20.8 Å². The monoisotopic (exact) mass is 280 g/mol. The van der Waals surface area contributed by atoms with Crippen molar-refractivity contribution in [2.45, 2.75) is 71.3 Å². The van der Waals surface area contributed by atoms with Crippen molar-refractivity contribution in [1.29, 1.82) is 0 Å². The number of phenols is 2. The Balaban J connectivity index is 2.77. The van der Waals surface area contributed by atoms with Gasteiger partial charge in [0.1, 0.15) is 5.60 Å². The number of para-hydroxylation sites is 1. The van der Waals surface area contributed by atoms with E-state index in [1.807, 2.05) is 0 Å². The predicted molar refractivity (Wildman–Crippen MR) is 82.5 cm³/mol. The Morgan fingerprint density at radius 2 is 1.70 bits per heavy atom. The molecule has 1 aromatic rings. The molecule has 0 aromatic heterocycles. The van der Waals surface area contributed by atoms with Crippen LogP contribution in [0.3, 0.4) is 0 Å². The van der Waals surface area contributed by atoms with Crippen molar-refractivity contribution in [3.8, 4) is 17.2 Å². The Hall–Kier alpha value is -1.38. The van der Waals surface area contributed by atoms with E-state index in [1.165, 1.54) is 25.3 Å². The number of hydrogen-bond donors (Lipinski definition) is 2. The van der Waals surface area contributed by atoms with Gasteiger partial charge in [0, 0.05) is 0 Å². The fourth-order valence-electron chi connectivity index (χ4n) is 2.50. The van der Waals surface area contributed by atoms with E-state index in [9.17, 15) is 10.2 Å². The molecule has 1 rings (SSSR count). The molecule has 0 aliphatic rings. The zero-order valence-corrected chi connectivity index (χ0v) is 13.0. The molecule has 0 aliphatic heterocycles. The molecule has 0 spiro atoms. The van der Waals surface area contributed by atoms with Crippen LogP contribution in [-0.2, 0) is 0 Å². The van der Waals surface area contributed by atoms with Crippen LogP contribution >= 0.6 is 0 Å². The smallest absolute Gasteiger partial charge is 0.200 e. The van der Waals surface area contributed by atoms with Gasteiger partial charge in [0.05, 0.1) is 0 Å². The fraction of sp³-hybridized carbons (Fsp3) is 0.647. The third kappa shape index (κ3) is 4.32. The fourth-order valence-corrected chi connectivity index (χ4v) is 2.50. The van der Waals surface area contributed by atoms with Gasteiger partial charge >= 0.3 is 0 Å². The molecular formula is C17H28O3. The van der Waals surface area contributed by atoms with Crippen LogP contribution in [0.5, 0.6) is 17.2 Å².